The van der Waals surface area contributed by atoms with Crippen molar-refractivity contribution in [3.63, 3.8) is 0 Å². The lowest BCUT2D eigenvalue weighted by atomic mass is 9.89. The number of anilines is 1. The zero-order valence-corrected chi connectivity index (χ0v) is 9.66. The van der Waals surface area contributed by atoms with E-state index in [0.717, 1.165) is 29.8 Å². The smallest absolute Gasteiger partial charge is 0.262 e. The quantitative estimate of drug-likeness (QED) is 0.775. The molecular weight excluding hydrogens is 216 g/mol. The van der Waals surface area contributed by atoms with E-state index in [-0.39, 0.29) is 18.1 Å². The van der Waals surface area contributed by atoms with Gasteiger partial charge < -0.3 is 15.8 Å². The van der Waals surface area contributed by atoms with Gasteiger partial charge in [0.15, 0.2) is 6.61 Å². The minimum Gasteiger partial charge on any atom is -0.482 e. The number of carbonyl (C=O) groups excluding carboxylic acids is 1. The molecule has 4 heteroatoms. The third kappa shape index (κ3) is 1.78. The Labute approximate surface area is 100 Å². The maximum atomic E-state index is 11.2. The number of benzene rings is 1. The topological polar surface area (TPSA) is 64.3 Å². The van der Waals surface area contributed by atoms with Gasteiger partial charge in [-0.05, 0) is 30.5 Å². The molecule has 17 heavy (non-hydrogen) atoms. The number of rotatable bonds is 1. The van der Waals surface area contributed by atoms with Gasteiger partial charge in [0.2, 0.25) is 0 Å². The molecule has 0 saturated heterocycles. The SMILES string of the molecule is NC1(c2ccc3c(c2)OCC(=O)N3)CCCC1. The summed E-state index contributed by atoms with van der Waals surface area (Å²) in [5, 5.41) is 2.79. The summed E-state index contributed by atoms with van der Waals surface area (Å²) in [5.41, 5.74) is 8.05. The van der Waals surface area contributed by atoms with Gasteiger partial charge in [-0.15, -0.1) is 0 Å². The van der Waals surface area contributed by atoms with Gasteiger partial charge in [0.1, 0.15) is 5.75 Å². The Morgan fingerprint density at radius 3 is 2.82 bits per heavy atom. The maximum absolute atomic E-state index is 11.2. The molecule has 1 heterocycles. The Hall–Kier alpha value is -1.55. The second-order valence-electron chi connectivity index (χ2n) is 4.91. The van der Waals surface area contributed by atoms with Gasteiger partial charge in [-0.1, -0.05) is 18.9 Å². The summed E-state index contributed by atoms with van der Waals surface area (Å²) in [6.45, 7) is 0.0913. The molecule has 0 unspecified atom stereocenters. The second-order valence-corrected chi connectivity index (χ2v) is 4.91. The summed E-state index contributed by atoms with van der Waals surface area (Å²) in [4.78, 5) is 11.2. The van der Waals surface area contributed by atoms with Gasteiger partial charge >= 0.3 is 0 Å². The molecule has 1 aliphatic carbocycles. The van der Waals surface area contributed by atoms with Crippen molar-refractivity contribution in [1.82, 2.24) is 0 Å². The van der Waals surface area contributed by atoms with Crippen molar-refractivity contribution >= 4 is 11.6 Å². The first kappa shape index (κ1) is 10.6. The van der Waals surface area contributed by atoms with Crippen LogP contribution in [0.25, 0.3) is 0 Å². The van der Waals surface area contributed by atoms with Crippen LogP contribution in [-0.4, -0.2) is 12.5 Å². The average molecular weight is 232 g/mol. The third-order valence-corrected chi connectivity index (χ3v) is 3.69. The highest BCUT2D eigenvalue weighted by atomic mass is 16.5. The number of ether oxygens (including phenoxy) is 1. The molecule has 2 aliphatic rings. The van der Waals surface area contributed by atoms with Gasteiger partial charge in [-0.3, -0.25) is 4.79 Å². The highest BCUT2D eigenvalue weighted by molar-refractivity contribution is 5.95. The maximum Gasteiger partial charge on any atom is 0.262 e. The van der Waals surface area contributed by atoms with Crippen LogP contribution in [0.5, 0.6) is 5.75 Å². The molecule has 0 spiro atoms. The monoisotopic (exact) mass is 232 g/mol. The fraction of sp³-hybridized carbons (Fsp3) is 0.462. The first-order chi connectivity index (χ1) is 8.17. The van der Waals surface area contributed by atoms with Gasteiger partial charge in [0.05, 0.1) is 5.69 Å². The molecule has 0 radical (unpaired) electrons. The molecule has 1 saturated carbocycles. The summed E-state index contributed by atoms with van der Waals surface area (Å²) < 4.78 is 5.41. The summed E-state index contributed by atoms with van der Waals surface area (Å²) >= 11 is 0. The van der Waals surface area contributed by atoms with Crippen molar-refractivity contribution in [3.8, 4) is 5.75 Å². The molecule has 0 aromatic heterocycles. The molecule has 0 atom stereocenters. The Morgan fingerprint density at radius 1 is 1.29 bits per heavy atom. The van der Waals surface area contributed by atoms with E-state index < -0.39 is 0 Å². The highest BCUT2D eigenvalue weighted by Crippen LogP contribution is 2.39. The number of fused-ring (bicyclic) bond motifs is 1. The van der Waals surface area contributed by atoms with E-state index in [1.165, 1.54) is 12.8 Å². The van der Waals surface area contributed by atoms with Crippen molar-refractivity contribution in [1.29, 1.82) is 0 Å². The van der Waals surface area contributed by atoms with Crippen LogP contribution < -0.4 is 15.8 Å². The number of amides is 1. The fourth-order valence-corrected chi connectivity index (χ4v) is 2.68. The van der Waals surface area contributed by atoms with Crippen LogP contribution in [0.1, 0.15) is 31.2 Å². The van der Waals surface area contributed by atoms with Crippen molar-refractivity contribution in [2.75, 3.05) is 11.9 Å². The molecule has 1 aliphatic heterocycles. The standard InChI is InChI=1S/C13H16N2O2/c14-13(5-1-2-6-13)9-3-4-10-11(7-9)17-8-12(16)15-10/h3-4,7H,1-2,5-6,8,14H2,(H,15,16). The summed E-state index contributed by atoms with van der Waals surface area (Å²) in [7, 11) is 0. The van der Waals surface area contributed by atoms with Gasteiger partial charge in [-0.2, -0.15) is 0 Å². The lowest BCUT2D eigenvalue weighted by molar-refractivity contribution is -0.118. The normalized spacial score (nSPS) is 21.6. The molecule has 1 aromatic rings. The summed E-state index contributed by atoms with van der Waals surface area (Å²) in [5.74, 6) is 0.632. The average Bonchev–Trinajstić information content (AvgIpc) is 2.77. The van der Waals surface area contributed by atoms with E-state index in [4.69, 9.17) is 10.5 Å². The number of nitrogens with one attached hydrogen (secondary N) is 1. The lowest BCUT2D eigenvalue weighted by Gasteiger charge is -2.26. The van der Waals surface area contributed by atoms with E-state index in [1.54, 1.807) is 0 Å². The predicted molar refractivity (Wildman–Crippen MR) is 64.9 cm³/mol. The predicted octanol–water partition coefficient (Wildman–Crippen LogP) is 1.75. The third-order valence-electron chi connectivity index (χ3n) is 3.69. The van der Waals surface area contributed by atoms with Crippen LogP contribution in [0.15, 0.2) is 18.2 Å². The zero-order chi connectivity index (χ0) is 11.9. The molecule has 4 nitrogen and oxygen atoms in total. The molecule has 3 N–H and O–H groups in total. The van der Waals surface area contributed by atoms with E-state index >= 15 is 0 Å². The van der Waals surface area contributed by atoms with Crippen LogP contribution >= 0.6 is 0 Å². The lowest BCUT2D eigenvalue weighted by Crippen LogP contribution is -2.33. The molecular formula is C13H16N2O2. The largest absolute Gasteiger partial charge is 0.482 e. The Balaban J connectivity index is 1.95. The fourth-order valence-electron chi connectivity index (χ4n) is 2.68. The molecule has 1 amide bonds. The van der Waals surface area contributed by atoms with Crippen LogP contribution in [-0.2, 0) is 10.3 Å². The minimum atomic E-state index is -0.208. The number of nitrogens with two attached hydrogens (primary N) is 1. The van der Waals surface area contributed by atoms with E-state index in [0.29, 0.717) is 0 Å². The van der Waals surface area contributed by atoms with E-state index in [1.807, 2.05) is 18.2 Å². The number of carbonyl (C=O) groups is 1. The Morgan fingerprint density at radius 2 is 2.06 bits per heavy atom. The molecule has 90 valence electrons. The van der Waals surface area contributed by atoms with Gasteiger partial charge in [0, 0.05) is 5.54 Å². The number of hydrogen-bond donors (Lipinski definition) is 2. The minimum absolute atomic E-state index is 0.0913. The second kappa shape index (κ2) is 3.74. The highest BCUT2D eigenvalue weighted by Gasteiger charge is 2.32. The Bertz CT molecular complexity index is 464. The van der Waals surface area contributed by atoms with Crippen molar-refractivity contribution < 1.29 is 9.53 Å². The first-order valence-corrected chi connectivity index (χ1v) is 6.03. The summed E-state index contributed by atoms with van der Waals surface area (Å²) in [6, 6.07) is 5.86. The first-order valence-electron chi connectivity index (χ1n) is 6.03. The molecule has 0 bridgehead atoms. The van der Waals surface area contributed by atoms with Gasteiger partial charge in [-0.25, -0.2) is 0 Å². The van der Waals surface area contributed by atoms with Crippen LogP contribution in [0.3, 0.4) is 0 Å². The van der Waals surface area contributed by atoms with E-state index in [2.05, 4.69) is 5.32 Å². The van der Waals surface area contributed by atoms with E-state index in [9.17, 15) is 4.79 Å². The van der Waals surface area contributed by atoms with Crippen LogP contribution in [0, 0.1) is 0 Å². The van der Waals surface area contributed by atoms with Crippen molar-refractivity contribution in [2.45, 2.75) is 31.2 Å². The molecule has 1 aromatic carbocycles. The Kier molecular flexibility index (Phi) is 2.33. The van der Waals surface area contributed by atoms with Gasteiger partial charge in [0.25, 0.3) is 5.91 Å². The van der Waals surface area contributed by atoms with Crippen molar-refractivity contribution in [3.05, 3.63) is 23.8 Å². The summed E-state index contributed by atoms with van der Waals surface area (Å²) in [6.07, 6.45) is 4.42. The molecule has 3 rings (SSSR count). The van der Waals surface area contributed by atoms with Crippen LogP contribution in [0.2, 0.25) is 0 Å². The van der Waals surface area contributed by atoms with Crippen LogP contribution in [0.4, 0.5) is 5.69 Å². The van der Waals surface area contributed by atoms with Crippen molar-refractivity contribution in [2.24, 2.45) is 5.73 Å². The zero-order valence-electron chi connectivity index (χ0n) is 9.66. The number of hydrogen-bond acceptors (Lipinski definition) is 3. The molecule has 1 fully saturated rings.